The van der Waals surface area contributed by atoms with Crippen LogP contribution in [0.25, 0.3) is 0 Å². The Bertz CT molecular complexity index is 367. The molecule has 0 aliphatic carbocycles. The predicted octanol–water partition coefficient (Wildman–Crippen LogP) is 1.74. The quantitative estimate of drug-likeness (QED) is 0.837. The van der Waals surface area contributed by atoms with Crippen molar-refractivity contribution in [3.63, 3.8) is 0 Å². The van der Waals surface area contributed by atoms with Gasteiger partial charge in [0, 0.05) is 6.54 Å². The maximum Gasteiger partial charge on any atom is 0.0995 e. The van der Waals surface area contributed by atoms with Crippen LogP contribution in [0.5, 0.6) is 0 Å². The molecule has 0 saturated heterocycles. The lowest BCUT2D eigenvalue weighted by atomic mass is 9.95. The van der Waals surface area contributed by atoms with Crippen LogP contribution in [0.3, 0.4) is 0 Å². The van der Waals surface area contributed by atoms with Gasteiger partial charge >= 0.3 is 0 Å². The van der Waals surface area contributed by atoms with Gasteiger partial charge in [0.05, 0.1) is 17.7 Å². The fourth-order valence-electron chi connectivity index (χ4n) is 1.61. The Morgan fingerprint density at radius 1 is 1.44 bits per heavy atom. The average molecular weight is 218 g/mol. The van der Waals surface area contributed by atoms with Gasteiger partial charge in [0.25, 0.3) is 0 Å². The van der Waals surface area contributed by atoms with Crippen LogP contribution >= 0.6 is 0 Å². The van der Waals surface area contributed by atoms with Gasteiger partial charge in [-0.3, -0.25) is 4.90 Å². The highest BCUT2D eigenvalue weighted by Crippen LogP contribution is 2.21. The van der Waals surface area contributed by atoms with E-state index in [4.69, 9.17) is 5.26 Å². The largest absolute Gasteiger partial charge is 0.384 e. The minimum atomic E-state index is -0.929. The first-order valence-corrected chi connectivity index (χ1v) is 5.35. The molecule has 3 heteroatoms. The molecule has 0 aliphatic rings. The van der Waals surface area contributed by atoms with E-state index in [0.717, 1.165) is 5.56 Å². The van der Waals surface area contributed by atoms with E-state index in [9.17, 15) is 5.11 Å². The number of benzene rings is 1. The van der Waals surface area contributed by atoms with E-state index in [-0.39, 0.29) is 6.04 Å². The van der Waals surface area contributed by atoms with Crippen molar-refractivity contribution in [3.8, 4) is 6.07 Å². The van der Waals surface area contributed by atoms with E-state index in [2.05, 4.69) is 6.07 Å². The van der Waals surface area contributed by atoms with E-state index >= 15 is 0 Å². The van der Waals surface area contributed by atoms with Crippen molar-refractivity contribution in [2.45, 2.75) is 25.5 Å². The number of hydrogen-bond acceptors (Lipinski definition) is 3. The summed E-state index contributed by atoms with van der Waals surface area (Å²) in [6.07, 6.45) is 0. The number of aliphatic hydroxyl groups is 1. The highest BCUT2D eigenvalue weighted by molar-refractivity contribution is 5.21. The molecule has 1 rings (SSSR count). The van der Waals surface area contributed by atoms with Gasteiger partial charge in [0.2, 0.25) is 0 Å². The number of likely N-dealkylation sites (N-methyl/N-ethyl adjacent to an activating group) is 1. The van der Waals surface area contributed by atoms with Crippen molar-refractivity contribution in [1.82, 2.24) is 4.90 Å². The molecule has 0 bridgehead atoms. The Morgan fingerprint density at radius 2 is 2.00 bits per heavy atom. The third-order valence-corrected chi connectivity index (χ3v) is 2.80. The monoisotopic (exact) mass is 218 g/mol. The van der Waals surface area contributed by atoms with Crippen molar-refractivity contribution >= 4 is 0 Å². The lowest BCUT2D eigenvalue weighted by Gasteiger charge is -2.30. The van der Waals surface area contributed by atoms with Crippen LogP contribution in [-0.2, 0) is 5.60 Å². The van der Waals surface area contributed by atoms with Gasteiger partial charge in [-0.1, -0.05) is 30.3 Å². The smallest absolute Gasteiger partial charge is 0.0995 e. The molecule has 1 aromatic rings. The molecule has 16 heavy (non-hydrogen) atoms. The SMILES string of the molecule is CC(C#N)N(C)CC(C)(O)c1ccccc1. The van der Waals surface area contributed by atoms with E-state index in [1.165, 1.54) is 0 Å². The number of nitriles is 1. The summed E-state index contributed by atoms with van der Waals surface area (Å²) < 4.78 is 0. The van der Waals surface area contributed by atoms with Gasteiger partial charge in [-0.15, -0.1) is 0 Å². The summed E-state index contributed by atoms with van der Waals surface area (Å²) in [7, 11) is 1.84. The van der Waals surface area contributed by atoms with Crippen molar-refractivity contribution in [2.75, 3.05) is 13.6 Å². The van der Waals surface area contributed by atoms with Crippen LogP contribution in [0.1, 0.15) is 19.4 Å². The molecule has 3 nitrogen and oxygen atoms in total. The van der Waals surface area contributed by atoms with Crippen LogP contribution in [0.4, 0.5) is 0 Å². The topological polar surface area (TPSA) is 47.3 Å². The van der Waals surface area contributed by atoms with Gasteiger partial charge in [-0.25, -0.2) is 0 Å². The lowest BCUT2D eigenvalue weighted by molar-refractivity contribution is 0.0190. The van der Waals surface area contributed by atoms with Gasteiger partial charge < -0.3 is 5.11 Å². The predicted molar refractivity (Wildman–Crippen MR) is 63.7 cm³/mol. The van der Waals surface area contributed by atoms with Crippen molar-refractivity contribution in [2.24, 2.45) is 0 Å². The first-order chi connectivity index (χ1) is 7.47. The number of hydrogen-bond donors (Lipinski definition) is 1. The lowest BCUT2D eigenvalue weighted by Crippen LogP contribution is -2.40. The second-order valence-corrected chi connectivity index (χ2v) is 4.36. The summed E-state index contributed by atoms with van der Waals surface area (Å²) >= 11 is 0. The highest BCUT2D eigenvalue weighted by atomic mass is 16.3. The molecule has 0 amide bonds. The molecule has 2 unspecified atom stereocenters. The Labute approximate surface area is 96.9 Å². The van der Waals surface area contributed by atoms with E-state index in [1.807, 2.05) is 49.2 Å². The molecular weight excluding hydrogens is 200 g/mol. The second-order valence-electron chi connectivity index (χ2n) is 4.36. The van der Waals surface area contributed by atoms with Crippen LogP contribution in [-0.4, -0.2) is 29.6 Å². The molecule has 2 atom stereocenters. The summed E-state index contributed by atoms with van der Waals surface area (Å²) in [6, 6.07) is 11.5. The highest BCUT2D eigenvalue weighted by Gasteiger charge is 2.26. The summed E-state index contributed by atoms with van der Waals surface area (Å²) in [4.78, 5) is 1.84. The second kappa shape index (κ2) is 5.11. The molecule has 0 radical (unpaired) electrons. The Morgan fingerprint density at radius 3 is 2.50 bits per heavy atom. The summed E-state index contributed by atoms with van der Waals surface area (Å²) in [5, 5.41) is 19.1. The molecule has 86 valence electrons. The van der Waals surface area contributed by atoms with Crippen LogP contribution in [0.2, 0.25) is 0 Å². The van der Waals surface area contributed by atoms with Crippen LogP contribution < -0.4 is 0 Å². The Balaban J connectivity index is 2.77. The normalized spacial score (nSPS) is 16.5. The molecule has 1 aromatic carbocycles. The molecule has 0 spiro atoms. The summed E-state index contributed by atoms with van der Waals surface area (Å²) in [6.45, 7) is 4.02. The van der Waals surface area contributed by atoms with Gasteiger partial charge in [-0.2, -0.15) is 5.26 Å². The molecule has 0 saturated carbocycles. The maximum atomic E-state index is 10.3. The Kier molecular flexibility index (Phi) is 4.05. The number of nitrogens with zero attached hydrogens (tertiary/aromatic N) is 2. The first kappa shape index (κ1) is 12.7. The molecule has 0 heterocycles. The molecule has 0 aliphatic heterocycles. The standard InChI is InChI=1S/C13H18N2O/c1-11(9-14)15(3)10-13(2,16)12-7-5-4-6-8-12/h4-8,11,16H,10H2,1-3H3. The van der Waals surface area contributed by atoms with Gasteiger partial charge in [-0.05, 0) is 26.5 Å². The molecular formula is C13H18N2O. The minimum absolute atomic E-state index is 0.199. The fourth-order valence-corrected chi connectivity index (χ4v) is 1.61. The zero-order valence-electron chi connectivity index (χ0n) is 10.0. The van der Waals surface area contributed by atoms with Gasteiger partial charge in [0.15, 0.2) is 0 Å². The average Bonchev–Trinajstić information content (AvgIpc) is 2.28. The van der Waals surface area contributed by atoms with Gasteiger partial charge in [0.1, 0.15) is 0 Å². The van der Waals surface area contributed by atoms with Crippen LogP contribution in [0, 0.1) is 11.3 Å². The summed E-state index contributed by atoms with van der Waals surface area (Å²) in [5.74, 6) is 0. The van der Waals surface area contributed by atoms with Crippen molar-refractivity contribution in [1.29, 1.82) is 5.26 Å². The molecule has 1 N–H and O–H groups in total. The van der Waals surface area contributed by atoms with Crippen molar-refractivity contribution in [3.05, 3.63) is 35.9 Å². The zero-order valence-corrected chi connectivity index (χ0v) is 10.0. The Hall–Kier alpha value is -1.37. The minimum Gasteiger partial charge on any atom is -0.384 e. The summed E-state index contributed by atoms with van der Waals surface area (Å²) in [5.41, 5.74) is -0.0619. The zero-order chi connectivity index (χ0) is 12.2. The third kappa shape index (κ3) is 3.06. The molecule has 0 fully saturated rings. The first-order valence-electron chi connectivity index (χ1n) is 5.35. The van der Waals surface area contributed by atoms with E-state index < -0.39 is 5.60 Å². The van der Waals surface area contributed by atoms with E-state index in [1.54, 1.807) is 6.92 Å². The fraction of sp³-hybridized carbons (Fsp3) is 0.462. The third-order valence-electron chi connectivity index (χ3n) is 2.80. The maximum absolute atomic E-state index is 10.3. The van der Waals surface area contributed by atoms with Crippen molar-refractivity contribution < 1.29 is 5.11 Å². The number of rotatable bonds is 4. The van der Waals surface area contributed by atoms with E-state index in [0.29, 0.717) is 6.54 Å². The van der Waals surface area contributed by atoms with Crippen LogP contribution in [0.15, 0.2) is 30.3 Å². The molecule has 0 aromatic heterocycles.